The van der Waals surface area contributed by atoms with Crippen LogP contribution in [0.15, 0.2) is 29.8 Å². The van der Waals surface area contributed by atoms with Crippen molar-refractivity contribution in [1.29, 1.82) is 0 Å². The SMILES string of the molecule is Cc1ncsc1-c1ccc(CNC(=O)C2CC(O)CN2C(=O)[C@@H](NC(=O)COCCOCCOCCOCCN)C(C)(C)C)cc1. The Morgan fingerprint density at radius 1 is 1.02 bits per heavy atom. The molecule has 1 saturated heterocycles. The van der Waals surface area contributed by atoms with Gasteiger partial charge in [0.1, 0.15) is 18.7 Å². The molecule has 14 heteroatoms. The number of benzene rings is 1. The van der Waals surface area contributed by atoms with E-state index in [4.69, 9.17) is 24.7 Å². The van der Waals surface area contributed by atoms with Crippen molar-refractivity contribution < 1.29 is 38.4 Å². The molecule has 2 aromatic rings. The van der Waals surface area contributed by atoms with Gasteiger partial charge in [-0.05, 0) is 23.5 Å². The number of nitrogens with one attached hydrogen (secondary N) is 2. The molecular formula is C32H49N5O8S. The molecule has 0 radical (unpaired) electrons. The van der Waals surface area contributed by atoms with Crippen LogP contribution in [-0.2, 0) is 39.9 Å². The molecule has 5 N–H and O–H groups in total. The Balaban J connectivity index is 1.45. The Hall–Kier alpha value is -2.98. The Kier molecular flexibility index (Phi) is 15.5. The van der Waals surface area contributed by atoms with Crippen molar-refractivity contribution in [2.75, 3.05) is 65.9 Å². The average Bonchev–Trinajstić information content (AvgIpc) is 3.63. The number of nitrogens with two attached hydrogens (primary N) is 1. The third-order valence-corrected chi connectivity index (χ3v) is 8.30. The number of hydrogen-bond acceptors (Lipinski definition) is 11. The van der Waals surface area contributed by atoms with Gasteiger partial charge in [0, 0.05) is 26.1 Å². The van der Waals surface area contributed by atoms with E-state index in [0.29, 0.717) is 39.6 Å². The van der Waals surface area contributed by atoms with Gasteiger partial charge in [0.15, 0.2) is 0 Å². The largest absolute Gasteiger partial charge is 0.391 e. The summed E-state index contributed by atoms with van der Waals surface area (Å²) >= 11 is 1.58. The summed E-state index contributed by atoms with van der Waals surface area (Å²) in [5.41, 5.74) is 9.42. The Morgan fingerprint density at radius 2 is 1.63 bits per heavy atom. The summed E-state index contributed by atoms with van der Waals surface area (Å²) in [6.07, 6.45) is -0.737. The zero-order chi connectivity index (χ0) is 33.5. The maximum atomic E-state index is 13.7. The molecule has 0 spiro atoms. The molecule has 3 atom stereocenters. The zero-order valence-corrected chi connectivity index (χ0v) is 28.1. The molecule has 256 valence electrons. The molecule has 2 unspecified atom stereocenters. The standard InChI is InChI=1S/C32H49N5O8S/c1-22-28(46-21-35-22)24-7-5-23(6-8-24)18-34-30(40)26-17-25(38)19-37(26)31(41)29(32(2,3)4)36-27(39)20-45-16-15-44-14-13-43-12-11-42-10-9-33/h5-8,21,25-26,29,38H,9-20,33H2,1-4H3,(H,34,40)(H,36,39)/t25?,26?,29-/m1/s1. The van der Waals surface area contributed by atoms with Crippen LogP contribution in [0.5, 0.6) is 0 Å². The molecule has 1 aromatic heterocycles. The van der Waals surface area contributed by atoms with Crippen LogP contribution < -0.4 is 16.4 Å². The molecule has 1 fully saturated rings. The second-order valence-electron chi connectivity index (χ2n) is 12.1. The van der Waals surface area contributed by atoms with Crippen LogP contribution in [0.2, 0.25) is 0 Å². The van der Waals surface area contributed by atoms with Gasteiger partial charge in [-0.15, -0.1) is 11.3 Å². The fourth-order valence-corrected chi connectivity index (χ4v) is 5.70. The first-order valence-electron chi connectivity index (χ1n) is 15.6. The van der Waals surface area contributed by atoms with Crippen molar-refractivity contribution in [3.63, 3.8) is 0 Å². The number of aromatic nitrogens is 1. The van der Waals surface area contributed by atoms with Gasteiger partial charge in [-0.3, -0.25) is 14.4 Å². The lowest BCUT2D eigenvalue weighted by Crippen LogP contribution is -2.58. The van der Waals surface area contributed by atoms with Crippen LogP contribution >= 0.6 is 11.3 Å². The van der Waals surface area contributed by atoms with Gasteiger partial charge in [-0.1, -0.05) is 45.0 Å². The van der Waals surface area contributed by atoms with Gasteiger partial charge in [0.05, 0.1) is 68.4 Å². The maximum absolute atomic E-state index is 13.7. The van der Waals surface area contributed by atoms with E-state index in [2.05, 4.69) is 15.6 Å². The molecule has 2 heterocycles. The summed E-state index contributed by atoms with van der Waals surface area (Å²) in [6.45, 7) is 10.6. The highest BCUT2D eigenvalue weighted by molar-refractivity contribution is 7.13. The lowest BCUT2D eigenvalue weighted by molar-refractivity contribution is -0.144. The summed E-state index contributed by atoms with van der Waals surface area (Å²) in [5, 5.41) is 16.1. The van der Waals surface area contributed by atoms with Gasteiger partial charge >= 0.3 is 0 Å². The first-order valence-corrected chi connectivity index (χ1v) is 16.4. The summed E-state index contributed by atoms with van der Waals surface area (Å²) in [5.74, 6) is -1.26. The van der Waals surface area contributed by atoms with Crippen molar-refractivity contribution in [3.05, 3.63) is 41.0 Å². The van der Waals surface area contributed by atoms with Gasteiger partial charge in [0.2, 0.25) is 17.7 Å². The van der Waals surface area contributed by atoms with Crippen LogP contribution in [0.3, 0.4) is 0 Å². The Bertz CT molecular complexity index is 1240. The third kappa shape index (κ3) is 12.0. The highest BCUT2D eigenvalue weighted by Gasteiger charge is 2.44. The number of carbonyl (C=O) groups is 3. The number of rotatable bonds is 19. The van der Waals surface area contributed by atoms with E-state index < -0.39 is 35.4 Å². The number of ether oxygens (including phenoxy) is 4. The van der Waals surface area contributed by atoms with E-state index >= 15 is 0 Å². The lowest BCUT2D eigenvalue weighted by Gasteiger charge is -2.35. The smallest absolute Gasteiger partial charge is 0.246 e. The first-order chi connectivity index (χ1) is 22.0. The quantitative estimate of drug-likeness (QED) is 0.160. The normalized spacial score (nSPS) is 17.2. The van der Waals surface area contributed by atoms with Crippen molar-refractivity contribution >= 4 is 29.1 Å². The number of β-amino-alcohol motifs (C(OH)–C–C–N with tert-alkyl or cyclic N) is 1. The van der Waals surface area contributed by atoms with Gasteiger partial charge in [-0.25, -0.2) is 4.98 Å². The Labute approximate surface area is 275 Å². The molecule has 0 bridgehead atoms. The number of aliphatic hydroxyl groups excluding tert-OH is 1. The highest BCUT2D eigenvalue weighted by Crippen LogP contribution is 2.28. The van der Waals surface area contributed by atoms with E-state index in [1.165, 1.54) is 4.90 Å². The topological polar surface area (TPSA) is 175 Å². The minimum Gasteiger partial charge on any atom is -0.391 e. The number of aryl methyl sites for hydroxylation is 1. The summed E-state index contributed by atoms with van der Waals surface area (Å²) < 4.78 is 21.5. The van der Waals surface area contributed by atoms with Gasteiger partial charge in [0.25, 0.3) is 0 Å². The van der Waals surface area contributed by atoms with Crippen molar-refractivity contribution in [2.45, 2.75) is 58.8 Å². The van der Waals surface area contributed by atoms with Crippen LogP contribution in [0.4, 0.5) is 0 Å². The number of amides is 3. The summed E-state index contributed by atoms with van der Waals surface area (Å²) in [7, 11) is 0. The van der Waals surface area contributed by atoms with Crippen molar-refractivity contribution in [2.24, 2.45) is 11.1 Å². The molecule has 3 rings (SSSR count). The van der Waals surface area contributed by atoms with Crippen LogP contribution in [0.25, 0.3) is 10.4 Å². The molecule has 0 aliphatic carbocycles. The van der Waals surface area contributed by atoms with Crippen LogP contribution in [0, 0.1) is 12.3 Å². The monoisotopic (exact) mass is 663 g/mol. The maximum Gasteiger partial charge on any atom is 0.246 e. The van der Waals surface area contributed by atoms with Crippen molar-refractivity contribution in [3.8, 4) is 10.4 Å². The van der Waals surface area contributed by atoms with Gasteiger partial charge in [-0.2, -0.15) is 0 Å². The van der Waals surface area contributed by atoms with E-state index in [0.717, 1.165) is 21.7 Å². The minimum atomic E-state index is -0.936. The third-order valence-electron chi connectivity index (χ3n) is 7.32. The van der Waals surface area contributed by atoms with Crippen LogP contribution in [-0.4, -0.2) is 117 Å². The zero-order valence-electron chi connectivity index (χ0n) is 27.3. The molecule has 1 aliphatic rings. The predicted molar refractivity (Wildman–Crippen MR) is 174 cm³/mol. The number of likely N-dealkylation sites (tertiary alicyclic amines) is 1. The molecule has 1 aromatic carbocycles. The number of carbonyl (C=O) groups excluding carboxylic acids is 3. The van der Waals surface area contributed by atoms with E-state index in [1.807, 2.05) is 57.5 Å². The summed E-state index contributed by atoms with van der Waals surface area (Å²) in [6, 6.07) is 6.07. The molecule has 0 saturated carbocycles. The number of hydrogen-bond donors (Lipinski definition) is 4. The summed E-state index contributed by atoms with van der Waals surface area (Å²) in [4.78, 5) is 46.5. The van der Waals surface area contributed by atoms with E-state index in [9.17, 15) is 19.5 Å². The Morgan fingerprint density at radius 3 is 2.20 bits per heavy atom. The molecule has 1 aliphatic heterocycles. The molecule has 13 nitrogen and oxygen atoms in total. The average molecular weight is 664 g/mol. The second kappa shape index (κ2) is 19.0. The molecule has 46 heavy (non-hydrogen) atoms. The number of aliphatic hydroxyl groups is 1. The molecule has 3 amide bonds. The minimum absolute atomic E-state index is 0.000541. The lowest BCUT2D eigenvalue weighted by atomic mass is 9.85. The number of nitrogens with zero attached hydrogens (tertiary/aromatic N) is 2. The van der Waals surface area contributed by atoms with E-state index in [1.54, 1.807) is 11.3 Å². The number of thiazole rings is 1. The second-order valence-corrected chi connectivity index (χ2v) is 13.0. The first kappa shape index (κ1) is 37.5. The fraction of sp³-hybridized carbons (Fsp3) is 0.625. The predicted octanol–water partition coefficient (Wildman–Crippen LogP) is 1.25. The fourth-order valence-electron chi connectivity index (χ4n) is 4.89. The van der Waals surface area contributed by atoms with Gasteiger partial charge < -0.3 is 45.3 Å². The molecular weight excluding hydrogens is 614 g/mol. The highest BCUT2D eigenvalue weighted by atomic mass is 32.1. The van der Waals surface area contributed by atoms with Crippen molar-refractivity contribution in [1.82, 2.24) is 20.5 Å². The van der Waals surface area contributed by atoms with E-state index in [-0.39, 0.29) is 45.2 Å². The van der Waals surface area contributed by atoms with Crippen LogP contribution in [0.1, 0.15) is 38.4 Å².